The fourth-order valence-electron chi connectivity index (χ4n) is 0.993. The number of nitriles is 1. The Morgan fingerprint density at radius 2 is 2.17 bits per heavy atom. The molecule has 1 nitrogen and oxygen atoms in total. The molecule has 62 valence electrons. The molecular formula is C9H7Cl2N. The predicted octanol–water partition coefficient (Wildman–Crippen LogP) is 3.45. The molecule has 0 fully saturated rings. The van der Waals surface area contributed by atoms with Crippen molar-refractivity contribution in [3.63, 3.8) is 0 Å². The van der Waals surface area contributed by atoms with E-state index in [0.29, 0.717) is 5.02 Å². The minimum atomic E-state index is -0.581. The van der Waals surface area contributed by atoms with Crippen LogP contribution in [0.3, 0.4) is 0 Å². The minimum absolute atomic E-state index is 0.581. The highest BCUT2D eigenvalue weighted by atomic mass is 35.5. The first-order valence-corrected chi connectivity index (χ1v) is 4.26. The van der Waals surface area contributed by atoms with E-state index >= 15 is 0 Å². The molecule has 0 N–H and O–H groups in total. The lowest BCUT2D eigenvalue weighted by molar-refractivity contribution is 1.17. The summed E-state index contributed by atoms with van der Waals surface area (Å²) in [5.41, 5.74) is 1.77. The first kappa shape index (κ1) is 9.38. The number of alkyl halides is 1. The molecule has 3 heteroatoms. The van der Waals surface area contributed by atoms with Crippen LogP contribution < -0.4 is 0 Å². The normalized spacial score (nSPS) is 12.2. The summed E-state index contributed by atoms with van der Waals surface area (Å²) in [5.74, 6) is 0. The maximum Gasteiger partial charge on any atom is 0.145 e. The second kappa shape index (κ2) is 3.80. The van der Waals surface area contributed by atoms with E-state index in [2.05, 4.69) is 0 Å². The molecule has 1 unspecified atom stereocenters. The van der Waals surface area contributed by atoms with Crippen molar-refractivity contribution in [3.8, 4) is 6.07 Å². The second-order valence-corrected chi connectivity index (χ2v) is 3.37. The summed E-state index contributed by atoms with van der Waals surface area (Å²) in [7, 11) is 0. The zero-order valence-corrected chi connectivity index (χ0v) is 8.02. The Labute approximate surface area is 81.5 Å². The van der Waals surface area contributed by atoms with Crippen LogP contribution in [0.4, 0.5) is 0 Å². The van der Waals surface area contributed by atoms with Crippen molar-refractivity contribution in [1.82, 2.24) is 0 Å². The number of rotatable bonds is 1. The van der Waals surface area contributed by atoms with E-state index in [1.165, 1.54) is 0 Å². The molecule has 0 bridgehead atoms. The average Bonchev–Trinajstić information content (AvgIpc) is 2.03. The van der Waals surface area contributed by atoms with E-state index in [9.17, 15) is 0 Å². The van der Waals surface area contributed by atoms with Crippen molar-refractivity contribution in [2.45, 2.75) is 12.3 Å². The topological polar surface area (TPSA) is 23.8 Å². The number of benzene rings is 1. The third-order valence-electron chi connectivity index (χ3n) is 1.62. The van der Waals surface area contributed by atoms with Crippen molar-refractivity contribution < 1.29 is 0 Å². The number of hydrogen-bond donors (Lipinski definition) is 0. The van der Waals surface area contributed by atoms with Gasteiger partial charge in [0.05, 0.1) is 6.07 Å². The highest BCUT2D eigenvalue weighted by molar-refractivity contribution is 6.30. The number of hydrogen-bond acceptors (Lipinski definition) is 1. The Morgan fingerprint density at radius 1 is 1.50 bits per heavy atom. The van der Waals surface area contributed by atoms with Crippen molar-refractivity contribution in [2.24, 2.45) is 0 Å². The van der Waals surface area contributed by atoms with Gasteiger partial charge in [-0.1, -0.05) is 17.7 Å². The first-order chi connectivity index (χ1) is 5.65. The van der Waals surface area contributed by atoms with Gasteiger partial charge < -0.3 is 0 Å². The lowest BCUT2D eigenvalue weighted by atomic mass is 10.1. The molecule has 12 heavy (non-hydrogen) atoms. The number of aryl methyl sites for hydroxylation is 1. The van der Waals surface area contributed by atoms with Crippen molar-refractivity contribution in [1.29, 1.82) is 5.26 Å². The third kappa shape index (κ3) is 1.91. The lowest BCUT2D eigenvalue weighted by Gasteiger charge is -2.05. The van der Waals surface area contributed by atoms with Gasteiger partial charge in [0.1, 0.15) is 5.38 Å². The van der Waals surface area contributed by atoms with Gasteiger partial charge in [-0.2, -0.15) is 5.26 Å². The van der Waals surface area contributed by atoms with Crippen LogP contribution in [0, 0.1) is 18.3 Å². The Kier molecular flexibility index (Phi) is 2.97. The fourth-order valence-corrected chi connectivity index (χ4v) is 1.46. The van der Waals surface area contributed by atoms with E-state index in [-0.39, 0.29) is 0 Å². The molecule has 0 radical (unpaired) electrons. The van der Waals surface area contributed by atoms with Crippen LogP contribution in [-0.2, 0) is 0 Å². The third-order valence-corrected chi connectivity index (χ3v) is 2.19. The van der Waals surface area contributed by atoms with Crippen LogP contribution in [0.1, 0.15) is 16.5 Å². The highest BCUT2D eigenvalue weighted by Crippen LogP contribution is 2.25. The molecule has 1 aromatic carbocycles. The molecule has 0 amide bonds. The quantitative estimate of drug-likeness (QED) is 0.637. The summed E-state index contributed by atoms with van der Waals surface area (Å²) in [4.78, 5) is 0. The molecular weight excluding hydrogens is 193 g/mol. The monoisotopic (exact) mass is 199 g/mol. The van der Waals surface area contributed by atoms with Gasteiger partial charge in [0.15, 0.2) is 0 Å². The zero-order valence-electron chi connectivity index (χ0n) is 6.51. The van der Waals surface area contributed by atoms with Gasteiger partial charge in [-0.3, -0.25) is 0 Å². The minimum Gasteiger partial charge on any atom is -0.196 e. The summed E-state index contributed by atoms with van der Waals surface area (Å²) in [6.45, 7) is 1.88. The van der Waals surface area contributed by atoms with E-state index in [1.54, 1.807) is 18.2 Å². The van der Waals surface area contributed by atoms with Crippen LogP contribution in [0.25, 0.3) is 0 Å². The zero-order chi connectivity index (χ0) is 9.14. The van der Waals surface area contributed by atoms with Gasteiger partial charge in [-0.25, -0.2) is 0 Å². The maximum absolute atomic E-state index is 8.57. The molecule has 1 atom stereocenters. The Bertz CT molecular complexity index is 328. The van der Waals surface area contributed by atoms with Crippen LogP contribution in [0.5, 0.6) is 0 Å². The van der Waals surface area contributed by atoms with Crippen LogP contribution in [-0.4, -0.2) is 0 Å². The molecule has 0 aliphatic rings. The van der Waals surface area contributed by atoms with Crippen molar-refractivity contribution in [2.75, 3.05) is 0 Å². The van der Waals surface area contributed by atoms with E-state index in [4.69, 9.17) is 28.5 Å². The Hall–Kier alpha value is -0.710. The summed E-state index contributed by atoms with van der Waals surface area (Å²) in [6, 6.07) is 7.27. The lowest BCUT2D eigenvalue weighted by Crippen LogP contribution is -1.90. The molecule has 1 aromatic rings. The second-order valence-electron chi connectivity index (χ2n) is 2.49. The van der Waals surface area contributed by atoms with Crippen molar-refractivity contribution >= 4 is 23.2 Å². The van der Waals surface area contributed by atoms with Gasteiger partial charge in [-0.05, 0) is 30.2 Å². The first-order valence-electron chi connectivity index (χ1n) is 3.45. The van der Waals surface area contributed by atoms with E-state index < -0.39 is 5.38 Å². The molecule has 0 heterocycles. The van der Waals surface area contributed by atoms with Gasteiger partial charge in [0, 0.05) is 5.02 Å². The molecule has 0 spiro atoms. The van der Waals surface area contributed by atoms with Gasteiger partial charge in [-0.15, -0.1) is 11.6 Å². The van der Waals surface area contributed by atoms with Crippen LogP contribution in [0.2, 0.25) is 5.02 Å². The Balaban J connectivity index is 3.11. The van der Waals surface area contributed by atoms with Crippen LogP contribution >= 0.6 is 23.2 Å². The van der Waals surface area contributed by atoms with Gasteiger partial charge in [0.25, 0.3) is 0 Å². The van der Waals surface area contributed by atoms with Gasteiger partial charge >= 0.3 is 0 Å². The van der Waals surface area contributed by atoms with Crippen molar-refractivity contribution in [3.05, 3.63) is 34.3 Å². The predicted molar refractivity (Wildman–Crippen MR) is 50.4 cm³/mol. The average molecular weight is 200 g/mol. The summed E-state index contributed by atoms with van der Waals surface area (Å²) in [5, 5.41) is 8.65. The summed E-state index contributed by atoms with van der Waals surface area (Å²) < 4.78 is 0. The molecule has 0 saturated carbocycles. The fraction of sp³-hybridized carbons (Fsp3) is 0.222. The highest BCUT2D eigenvalue weighted by Gasteiger charge is 2.08. The summed E-state index contributed by atoms with van der Waals surface area (Å²) >= 11 is 11.5. The van der Waals surface area contributed by atoms with E-state index in [1.807, 2.05) is 13.0 Å². The Morgan fingerprint density at radius 3 is 2.67 bits per heavy atom. The van der Waals surface area contributed by atoms with Gasteiger partial charge in [0.2, 0.25) is 0 Å². The maximum atomic E-state index is 8.57. The SMILES string of the molecule is Cc1cc(Cl)ccc1C(Cl)C#N. The smallest absolute Gasteiger partial charge is 0.145 e. The molecule has 0 aliphatic carbocycles. The molecule has 1 rings (SSSR count). The van der Waals surface area contributed by atoms with E-state index in [0.717, 1.165) is 11.1 Å². The largest absolute Gasteiger partial charge is 0.196 e. The molecule has 0 aromatic heterocycles. The number of halogens is 2. The molecule has 0 aliphatic heterocycles. The standard InChI is InChI=1S/C9H7Cl2N/c1-6-4-7(10)2-3-8(6)9(11)5-12/h2-4,9H,1H3. The van der Waals surface area contributed by atoms with Crippen LogP contribution in [0.15, 0.2) is 18.2 Å². The summed E-state index contributed by atoms with van der Waals surface area (Å²) in [6.07, 6.45) is 0. The molecule has 0 saturated heterocycles. The number of nitrogens with zero attached hydrogens (tertiary/aromatic N) is 1.